The highest BCUT2D eigenvalue weighted by Gasteiger charge is 2.27. The van der Waals surface area contributed by atoms with E-state index in [0.29, 0.717) is 6.04 Å². The number of aromatic nitrogens is 2. The number of hydrogen-bond acceptors (Lipinski definition) is 3. The zero-order valence-corrected chi connectivity index (χ0v) is 12.2. The zero-order valence-electron chi connectivity index (χ0n) is 12.2. The van der Waals surface area contributed by atoms with E-state index in [9.17, 15) is 4.79 Å². The molecule has 0 N–H and O–H groups in total. The van der Waals surface area contributed by atoms with Gasteiger partial charge in [0.2, 0.25) is 0 Å². The lowest BCUT2D eigenvalue weighted by molar-refractivity contribution is 0.0184. The molecule has 5 nitrogen and oxygen atoms in total. The van der Waals surface area contributed by atoms with Crippen LogP contribution in [0.5, 0.6) is 0 Å². The van der Waals surface area contributed by atoms with E-state index in [-0.39, 0.29) is 6.09 Å². The van der Waals surface area contributed by atoms with Crippen LogP contribution in [0.1, 0.15) is 45.3 Å². The standard InChI is InChI=1S/C14H23N3O2/c1-11-5-10-17(15-11)12-6-8-16(9-7-12)13(18)19-14(2,3)4/h5,10,12H,6-9H2,1-4H3. The third-order valence-electron chi connectivity index (χ3n) is 3.23. The Balaban J connectivity index is 1.87. The zero-order chi connectivity index (χ0) is 14.0. The summed E-state index contributed by atoms with van der Waals surface area (Å²) < 4.78 is 7.40. The molecule has 2 heterocycles. The Hall–Kier alpha value is -1.52. The van der Waals surface area contributed by atoms with E-state index in [1.807, 2.05) is 44.6 Å². The fourth-order valence-electron chi connectivity index (χ4n) is 2.28. The van der Waals surface area contributed by atoms with Crippen molar-refractivity contribution in [2.24, 2.45) is 0 Å². The van der Waals surface area contributed by atoms with Crippen molar-refractivity contribution in [1.82, 2.24) is 14.7 Å². The topological polar surface area (TPSA) is 47.4 Å². The summed E-state index contributed by atoms with van der Waals surface area (Å²) in [5, 5.41) is 4.45. The van der Waals surface area contributed by atoms with Gasteiger partial charge in [-0.3, -0.25) is 4.68 Å². The van der Waals surface area contributed by atoms with Crippen LogP contribution in [-0.2, 0) is 4.74 Å². The molecule has 1 aliphatic rings. The second-order valence-electron chi connectivity index (χ2n) is 6.14. The molecule has 19 heavy (non-hydrogen) atoms. The first-order chi connectivity index (χ1) is 8.85. The van der Waals surface area contributed by atoms with Crippen LogP contribution in [0.2, 0.25) is 0 Å². The minimum absolute atomic E-state index is 0.206. The fourth-order valence-corrected chi connectivity index (χ4v) is 2.28. The van der Waals surface area contributed by atoms with Crippen LogP contribution in [0, 0.1) is 6.92 Å². The van der Waals surface area contributed by atoms with E-state index >= 15 is 0 Å². The highest BCUT2D eigenvalue weighted by molar-refractivity contribution is 5.68. The van der Waals surface area contributed by atoms with Crippen molar-refractivity contribution in [3.8, 4) is 0 Å². The average molecular weight is 265 g/mol. The van der Waals surface area contributed by atoms with Crippen molar-refractivity contribution < 1.29 is 9.53 Å². The number of hydrogen-bond donors (Lipinski definition) is 0. The van der Waals surface area contributed by atoms with Crippen LogP contribution in [0.4, 0.5) is 4.79 Å². The number of carbonyl (C=O) groups is 1. The molecule has 1 saturated heterocycles. The number of likely N-dealkylation sites (tertiary alicyclic amines) is 1. The molecule has 1 fully saturated rings. The van der Waals surface area contributed by atoms with Crippen molar-refractivity contribution in [1.29, 1.82) is 0 Å². The minimum atomic E-state index is -0.424. The van der Waals surface area contributed by atoms with Crippen LogP contribution in [0.15, 0.2) is 12.3 Å². The Morgan fingerprint density at radius 3 is 2.47 bits per heavy atom. The monoisotopic (exact) mass is 265 g/mol. The van der Waals surface area contributed by atoms with Gasteiger partial charge < -0.3 is 9.64 Å². The Morgan fingerprint density at radius 1 is 1.37 bits per heavy atom. The first-order valence-electron chi connectivity index (χ1n) is 6.85. The maximum absolute atomic E-state index is 11.9. The average Bonchev–Trinajstić information content (AvgIpc) is 2.74. The molecule has 0 aliphatic carbocycles. The summed E-state index contributed by atoms with van der Waals surface area (Å²) in [5.41, 5.74) is 0.613. The van der Waals surface area contributed by atoms with Gasteiger partial charge in [0, 0.05) is 19.3 Å². The fraction of sp³-hybridized carbons (Fsp3) is 0.714. The number of aryl methyl sites for hydroxylation is 1. The molecule has 0 bridgehead atoms. The summed E-state index contributed by atoms with van der Waals surface area (Å²) in [6.07, 6.45) is 3.67. The molecule has 1 aromatic rings. The van der Waals surface area contributed by atoms with Crippen molar-refractivity contribution in [3.63, 3.8) is 0 Å². The molecule has 0 saturated carbocycles. The van der Waals surface area contributed by atoms with Crippen molar-refractivity contribution in [3.05, 3.63) is 18.0 Å². The second-order valence-corrected chi connectivity index (χ2v) is 6.14. The number of ether oxygens (including phenoxy) is 1. The largest absolute Gasteiger partial charge is 0.444 e. The maximum atomic E-state index is 11.9. The first kappa shape index (κ1) is 13.9. The molecule has 0 aromatic carbocycles. The number of piperidine rings is 1. The molecule has 1 amide bonds. The molecule has 0 spiro atoms. The predicted octanol–water partition coefficient (Wildman–Crippen LogP) is 2.76. The van der Waals surface area contributed by atoms with Gasteiger partial charge in [-0.05, 0) is 46.6 Å². The SMILES string of the molecule is Cc1ccn(C2CCN(C(=O)OC(C)(C)C)CC2)n1. The quantitative estimate of drug-likeness (QED) is 0.784. The van der Waals surface area contributed by atoms with Crippen LogP contribution < -0.4 is 0 Å². The van der Waals surface area contributed by atoms with Crippen LogP contribution in [0.3, 0.4) is 0 Å². The van der Waals surface area contributed by atoms with Crippen molar-refractivity contribution in [2.45, 2.75) is 52.2 Å². The van der Waals surface area contributed by atoms with E-state index in [0.717, 1.165) is 31.6 Å². The number of amides is 1. The molecule has 2 rings (SSSR count). The first-order valence-corrected chi connectivity index (χ1v) is 6.85. The van der Waals surface area contributed by atoms with Gasteiger partial charge in [0.1, 0.15) is 5.60 Å². The van der Waals surface area contributed by atoms with Gasteiger partial charge in [-0.1, -0.05) is 0 Å². The minimum Gasteiger partial charge on any atom is -0.444 e. The number of carbonyl (C=O) groups excluding carboxylic acids is 1. The Morgan fingerprint density at radius 2 is 2.00 bits per heavy atom. The smallest absolute Gasteiger partial charge is 0.410 e. The van der Waals surface area contributed by atoms with Gasteiger partial charge in [0.25, 0.3) is 0 Å². The third kappa shape index (κ3) is 3.72. The Bertz CT molecular complexity index is 440. The van der Waals surface area contributed by atoms with Gasteiger partial charge in [-0.25, -0.2) is 4.79 Å². The highest BCUT2D eigenvalue weighted by atomic mass is 16.6. The summed E-state index contributed by atoms with van der Waals surface area (Å²) in [6.45, 7) is 9.14. The molecule has 0 unspecified atom stereocenters. The molecule has 1 aliphatic heterocycles. The van der Waals surface area contributed by atoms with E-state index in [1.165, 1.54) is 0 Å². The molecular weight excluding hydrogens is 242 g/mol. The van der Waals surface area contributed by atoms with Gasteiger partial charge in [0.05, 0.1) is 11.7 Å². The molecule has 106 valence electrons. The van der Waals surface area contributed by atoms with Crippen LogP contribution in [0.25, 0.3) is 0 Å². The van der Waals surface area contributed by atoms with E-state index in [2.05, 4.69) is 5.10 Å². The van der Waals surface area contributed by atoms with E-state index < -0.39 is 5.60 Å². The summed E-state index contributed by atoms with van der Waals surface area (Å²) in [4.78, 5) is 13.7. The van der Waals surface area contributed by atoms with E-state index in [4.69, 9.17) is 4.74 Å². The predicted molar refractivity (Wildman–Crippen MR) is 73.0 cm³/mol. The summed E-state index contributed by atoms with van der Waals surface area (Å²) in [6, 6.07) is 2.41. The second kappa shape index (κ2) is 5.23. The lowest BCUT2D eigenvalue weighted by Crippen LogP contribution is -2.42. The molecule has 1 aromatic heterocycles. The van der Waals surface area contributed by atoms with Crippen molar-refractivity contribution in [2.75, 3.05) is 13.1 Å². The van der Waals surface area contributed by atoms with Crippen molar-refractivity contribution >= 4 is 6.09 Å². The third-order valence-corrected chi connectivity index (χ3v) is 3.23. The summed E-state index contributed by atoms with van der Waals surface area (Å²) in [5.74, 6) is 0. The summed E-state index contributed by atoms with van der Waals surface area (Å²) >= 11 is 0. The maximum Gasteiger partial charge on any atom is 0.410 e. The number of rotatable bonds is 1. The normalized spacial score (nSPS) is 17.6. The highest BCUT2D eigenvalue weighted by Crippen LogP contribution is 2.23. The van der Waals surface area contributed by atoms with Gasteiger partial charge in [-0.15, -0.1) is 0 Å². The summed E-state index contributed by atoms with van der Waals surface area (Å²) in [7, 11) is 0. The lowest BCUT2D eigenvalue weighted by Gasteiger charge is -2.33. The van der Waals surface area contributed by atoms with Gasteiger partial charge in [-0.2, -0.15) is 5.10 Å². The Kier molecular flexibility index (Phi) is 3.83. The lowest BCUT2D eigenvalue weighted by atomic mass is 10.1. The van der Waals surface area contributed by atoms with E-state index in [1.54, 1.807) is 4.90 Å². The van der Waals surface area contributed by atoms with Crippen LogP contribution >= 0.6 is 0 Å². The number of nitrogens with zero attached hydrogens (tertiary/aromatic N) is 3. The van der Waals surface area contributed by atoms with Gasteiger partial charge in [0.15, 0.2) is 0 Å². The molecule has 0 radical (unpaired) electrons. The van der Waals surface area contributed by atoms with Gasteiger partial charge >= 0.3 is 6.09 Å². The Labute approximate surface area is 114 Å². The molecular formula is C14H23N3O2. The van der Waals surface area contributed by atoms with Crippen LogP contribution in [-0.4, -0.2) is 39.5 Å². The molecule has 0 atom stereocenters. The molecule has 5 heteroatoms.